The predicted molar refractivity (Wildman–Crippen MR) is 65.4 cm³/mol. The van der Waals surface area contributed by atoms with Crippen LogP contribution in [0.5, 0.6) is 0 Å². The fourth-order valence-corrected chi connectivity index (χ4v) is 3.02. The summed E-state index contributed by atoms with van der Waals surface area (Å²) in [4.78, 5) is 0.423. The van der Waals surface area contributed by atoms with E-state index in [1.807, 2.05) is 18.2 Å². The Morgan fingerprint density at radius 2 is 2.00 bits per heavy atom. The second kappa shape index (κ2) is 4.03. The second-order valence-electron chi connectivity index (χ2n) is 3.95. The highest BCUT2D eigenvalue weighted by Crippen LogP contribution is 2.51. The van der Waals surface area contributed by atoms with E-state index in [4.69, 9.17) is 23.2 Å². The summed E-state index contributed by atoms with van der Waals surface area (Å²) in [6.45, 7) is 2.27. The Morgan fingerprint density at radius 1 is 1.36 bits per heavy atom. The third kappa shape index (κ3) is 2.10. The maximum Gasteiger partial charge on any atom is 0.0595 e. The van der Waals surface area contributed by atoms with Gasteiger partial charge in [0.15, 0.2) is 0 Å². The minimum absolute atomic E-state index is 0.423. The lowest BCUT2D eigenvalue weighted by Gasteiger charge is -2.10. The Morgan fingerprint density at radius 3 is 2.50 bits per heavy atom. The fourth-order valence-electron chi connectivity index (χ4n) is 1.69. The lowest BCUT2D eigenvalue weighted by Crippen LogP contribution is -1.93. The summed E-state index contributed by atoms with van der Waals surface area (Å²) in [5.41, 5.74) is 1.23. The van der Waals surface area contributed by atoms with Crippen molar-refractivity contribution in [3.8, 4) is 0 Å². The van der Waals surface area contributed by atoms with E-state index in [1.165, 1.54) is 12.0 Å². The molecule has 76 valence electrons. The lowest BCUT2D eigenvalue weighted by atomic mass is 10.1. The Hall–Kier alpha value is 0.280. The first-order chi connectivity index (χ1) is 6.59. The van der Waals surface area contributed by atoms with Gasteiger partial charge in [0.2, 0.25) is 0 Å². The number of benzene rings is 1. The van der Waals surface area contributed by atoms with Crippen LogP contribution in [0.15, 0.2) is 18.2 Å². The van der Waals surface area contributed by atoms with Crippen molar-refractivity contribution in [2.24, 2.45) is 11.8 Å². The molecule has 0 nitrogen and oxygen atoms in total. The quantitative estimate of drug-likeness (QED) is 0.667. The van der Waals surface area contributed by atoms with Crippen LogP contribution in [0.2, 0.25) is 10.0 Å². The largest absolute Gasteiger partial charge is 0.0836 e. The molecule has 0 radical (unpaired) electrons. The van der Waals surface area contributed by atoms with E-state index in [-0.39, 0.29) is 0 Å². The first kappa shape index (κ1) is 10.8. The Labute approximate surface area is 103 Å². The summed E-state index contributed by atoms with van der Waals surface area (Å²) in [7, 11) is 0. The standard InChI is InChI=1S/C11H11BrCl2/c1-6-4-8(6)11(12)7-2-3-9(13)10(14)5-7/h2-3,5-6,8,11H,4H2,1H3. The number of rotatable bonds is 2. The Bertz CT molecular complexity index is 351. The molecule has 0 aromatic heterocycles. The molecule has 0 spiro atoms. The fraction of sp³-hybridized carbons (Fsp3) is 0.455. The maximum atomic E-state index is 5.97. The zero-order valence-corrected chi connectivity index (χ0v) is 10.9. The summed E-state index contributed by atoms with van der Waals surface area (Å²) < 4.78 is 0. The first-order valence-corrected chi connectivity index (χ1v) is 6.36. The van der Waals surface area contributed by atoms with Crippen LogP contribution >= 0.6 is 39.1 Å². The molecule has 3 atom stereocenters. The van der Waals surface area contributed by atoms with Crippen molar-refractivity contribution in [2.45, 2.75) is 18.2 Å². The Balaban J connectivity index is 2.20. The first-order valence-electron chi connectivity index (χ1n) is 4.68. The van der Waals surface area contributed by atoms with Gasteiger partial charge in [0.05, 0.1) is 10.0 Å². The van der Waals surface area contributed by atoms with Crippen LogP contribution in [0.4, 0.5) is 0 Å². The van der Waals surface area contributed by atoms with Gasteiger partial charge in [0, 0.05) is 4.83 Å². The van der Waals surface area contributed by atoms with Gasteiger partial charge in [0.25, 0.3) is 0 Å². The van der Waals surface area contributed by atoms with Gasteiger partial charge >= 0.3 is 0 Å². The molecule has 14 heavy (non-hydrogen) atoms. The van der Waals surface area contributed by atoms with E-state index in [0.717, 1.165) is 11.8 Å². The molecule has 0 N–H and O–H groups in total. The minimum Gasteiger partial charge on any atom is -0.0836 e. The number of halogens is 3. The van der Waals surface area contributed by atoms with Crippen molar-refractivity contribution in [3.63, 3.8) is 0 Å². The molecule has 1 saturated carbocycles. The minimum atomic E-state index is 0.423. The lowest BCUT2D eigenvalue weighted by molar-refractivity contribution is 0.740. The van der Waals surface area contributed by atoms with Gasteiger partial charge in [-0.25, -0.2) is 0 Å². The number of hydrogen-bond acceptors (Lipinski definition) is 0. The van der Waals surface area contributed by atoms with Crippen LogP contribution < -0.4 is 0 Å². The second-order valence-corrected chi connectivity index (χ2v) is 5.75. The van der Waals surface area contributed by atoms with Gasteiger partial charge in [-0.05, 0) is 36.0 Å². The van der Waals surface area contributed by atoms with Gasteiger partial charge in [-0.15, -0.1) is 0 Å². The van der Waals surface area contributed by atoms with E-state index >= 15 is 0 Å². The predicted octanol–water partition coefficient (Wildman–Crippen LogP) is 5.09. The molecule has 3 unspecified atom stereocenters. The molecule has 0 saturated heterocycles. The van der Waals surface area contributed by atoms with Gasteiger partial charge in [-0.3, -0.25) is 0 Å². The van der Waals surface area contributed by atoms with Crippen molar-refractivity contribution in [2.75, 3.05) is 0 Å². The zero-order valence-electron chi connectivity index (χ0n) is 7.81. The zero-order chi connectivity index (χ0) is 10.3. The van der Waals surface area contributed by atoms with Crippen molar-refractivity contribution in [1.82, 2.24) is 0 Å². The average Bonchev–Trinajstić information content (AvgIpc) is 2.86. The Kier molecular flexibility index (Phi) is 3.11. The summed E-state index contributed by atoms with van der Waals surface area (Å²) >= 11 is 15.5. The van der Waals surface area contributed by atoms with E-state index < -0.39 is 0 Å². The third-order valence-corrected chi connectivity index (χ3v) is 4.76. The smallest absolute Gasteiger partial charge is 0.0595 e. The van der Waals surface area contributed by atoms with Crippen LogP contribution in [0.3, 0.4) is 0 Å². The van der Waals surface area contributed by atoms with E-state index in [2.05, 4.69) is 22.9 Å². The van der Waals surface area contributed by atoms with Crippen LogP contribution in [-0.2, 0) is 0 Å². The van der Waals surface area contributed by atoms with Crippen molar-refractivity contribution < 1.29 is 0 Å². The normalized spacial score (nSPS) is 27.4. The van der Waals surface area contributed by atoms with E-state index in [0.29, 0.717) is 14.9 Å². The molecule has 1 aliphatic carbocycles. The summed E-state index contributed by atoms with van der Waals surface area (Å²) in [5, 5.41) is 1.26. The van der Waals surface area contributed by atoms with Crippen molar-refractivity contribution in [3.05, 3.63) is 33.8 Å². The highest BCUT2D eigenvalue weighted by Gasteiger charge is 2.38. The summed E-state index contributed by atoms with van der Waals surface area (Å²) in [6.07, 6.45) is 1.30. The van der Waals surface area contributed by atoms with E-state index in [9.17, 15) is 0 Å². The molecule has 0 heterocycles. The maximum absolute atomic E-state index is 5.97. The SMILES string of the molecule is CC1CC1C(Br)c1ccc(Cl)c(Cl)c1. The molecule has 1 fully saturated rings. The van der Waals surface area contributed by atoms with Crippen molar-refractivity contribution in [1.29, 1.82) is 0 Å². The van der Waals surface area contributed by atoms with Gasteiger partial charge < -0.3 is 0 Å². The molecule has 3 heteroatoms. The molecular weight excluding hydrogens is 283 g/mol. The summed E-state index contributed by atoms with van der Waals surface area (Å²) in [6, 6.07) is 5.85. The molecule has 1 aliphatic rings. The topological polar surface area (TPSA) is 0 Å². The summed E-state index contributed by atoms with van der Waals surface area (Å²) in [5.74, 6) is 1.58. The molecule has 0 amide bonds. The van der Waals surface area contributed by atoms with Gasteiger partial charge in [-0.2, -0.15) is 0 Å². The van der Waals surface area contributed by atoms with Crippen LogP contribution in [0.25, 0.3) is 0 Å². The third-order valence-electron chi connectivity index (χ3n) is 2.81. The molecule has 1 aromatic rings. The molecule has 2 rings (SSSR count). The molecular formula is C11H11BrCl2. The number of hydrogen-bond donors (Lipinski definition) is 0. The molecule has 0 aliphatic heterocycles. The number of alkyl halides is 1. The average molecular weight is 294 g/mol. The molecule has 0 bridgehead atoms. The van der Waals surface area contributed by atoms with E-state index in [1.54, 1.807) is 0 Å². The monoisotopic (exact) mass is 292 g/mol. The highest BCUT2D eigenvalue weighted by atomic mass is 79.9. The van der Waals surface area contributed by atoms with Crippen LogP contribution in [0.1, 0.15) is 23.7 Å². The van der Waals surface area contributed by atoms with Gasteiger partial charge in [-0.1, -0.05) is 52.1 Å². The molecule has 1 aromatic carbocycles. The van der Waals surface area contributed by atoms with Crippen LogP contribution in [-0.4, -0.2) is 0 Å². The highest BCUT2D eigenvalue weighted by molar-refractivity contribution is 9.09. The van der Waals surface area contributed by atoms with Crippen LogP contribution in [0, 0.1) is 11.8 Å². The van der Waals surface area contributed by atoms with Gasteiger partial charge in [0.1, 0.15) is 0 Å². The van der Waals surface area contributed by atoms with Crippen molar-refractivity contribution >= 4 is 39.1 Å².